The molecule has 0 fully saturated rings. The fraction of sp³-hybridized carbons (Fsp3) is 0.400. The first-order valence-corrected chi connectivity index (χ1v) is 4.89. The van der Waals surface area contributed by atoms with Gasteiger partial charge < -0.3 is 0 Å². The summed E-state index contributed by atoms with van der Waals surface area (Å²) in [6.07, 6.45) is 0. The zero-order valence-electron chi connectivity index (χ0n) is 6.79. The molecule has 0 aliphatic carbocycles. The molecular weight excluding hydrogens is 152 g/mol. The zero-order chi connectivity index (χ0) is 7.84. The molecule has 0 saturated carbocycles. The molecule has 0 saturated heterocycles. The van der Waals surface area contributed by atoms with E-state index in [1.165, 1.54) is 11.1 Å². The number of hydrogen-bond acceptors (Lipinski definition) is 1. The largest absolute Gasteiger partial charge is 0.146 e. The van der Waals surface area contributed by atoms with Crippen molar-refractivity contribution in [3.63, 3.8) is 0 Å². The van der Waals surface area contributed by atoms with Crippen LogP contribution in [-0.2, 0) is 0 Å². The van der Waals surface area contributed by atoms with E-state index in [1.54, 1.807) is 0 Å². The first-order chi connectivity index (χ1) is 5.29. The quantitative estimate of drug-likeness (QED) is 0.565. The number of fused-ring (bicyclic) bond motifs is 1. The minimum Gasteiger partial charge on any atom is -0.146 e. The maximum Gasteiger partial charge on any atom is 0.0284 e. The van der Waals surface area contributed by atoms with Crippen molar-refractivity contribution in [3.05, 3.63) is 35.4 Å². The van der Waals surface area contributed by atoms with Crippen LogP contribution in [0.2, 0.25) is 0 Å². The average Bonchev–Trinajstić information content (AvgIpc) is 2.30. The van der Waals surface area contributed by atoms with Crippen molar-refractivity contribution < 1.29 is 0 Å². The molecule has 0 aromatic heterocycles. The number of thioether (sulfide) groups is 1. The van der Waals surface area contributed by atoms with E-state index in [4.69, 9.17) is 0 Å². The van der Waals surface area contributed by atoms with Crippen LogP contribution >= 0.6 is 11.8 Å². The number of benzene rings is 1. The van der Waals surface area contributed by atoms with Gasteiger partial charge >= 0.3 is 0 Å². The molecule has 1 aliphatic rings. The third-order valence-corrected chi connectivity index (χ3v) is 3.48. The second-order valence-electron chi connectivity index (χ2n) is 2.96. The standard InChI is InChI=1S/C10H11S/c1-7-9-5-3-4-6-10(9)8(2)11-7/h3-5,7-8H,1-2H3. The van der Waals surface area contributed by atoms with Gasteiger partial charge in [-0.15, -0.1) is 11.8 Å². The number of hydrogen-bond donors (Lipinski definition) is 0. The minimum absolute atomic E-state index is 0.640. The summed E-state index contributed by atoms with van der Waals surface area (Å²) < 4.78 is 0. The maximum absolute atomic E-state index is 3.31. The highest BCUT2D eigenvalue weighted by atomic mass is 32.2. The van der Waals surface area contributed by atoms with Crippen LogP contribution in [0.25, 0.3) is 0 Å². The van der Waals surface area contributed by atoms with Gasteiger partial charge in [0, 0.05) is 10.5 Å². The Morgan fingerprint density at radius 2 is 2.18 bits per heavy atom. The lowest BCUT2D eigenvalue weighted by atomic mass is 10.0. The van der Waals surface area contributed by atoms with Gasteiger partial charge in [-0.2, -0.15) is 0 Å². The lowest BCUT2D eigenvalue weighted by molar-refractivity contribution is 1.08. The molecule has 1 heterocycles. The van der Waals surface area contributed by atoms with Crippen molar-refractivity contribution in [1.29, 1.82) is 0 Å². The van der Waals surface area contributed by atoms with Gasteiger partial charge in [0.15, 0.2) is 0 Å². The van der Waals surface area contributed by atoms with Gasteiger partial charge in [-0.25, -0.2) is 0 Å². The molecule has 1 aromatic carbocycles. The van der Waals surface area contributed by atoms with Gasteiger partial charge in [0.2, 0.25) is 0 Å². The van der Waals surface area contributed by atoms with E-state index >= 15 is 0 Å². The van der Waals surface area contributed by atoms with Crippen LogP contribution < -0.4 is 0 Å². The SMILES string of the molecule is CC1SC(C)c2ccc[c]c21. The topological polar surface area (TPSA) is 0 Å². The van der Waals surface area contributed by atoms with E-state index in [9.17, 15) is 0 Å². The Bertz CT molecular complexity index is 240. The number of rotatable bonds is 0. The maximum atomic E-state index is 3.31. The van der Waals surface area contributed by atoms with Gasteiger partial charge in [-0.3, -0.25) is 0 Å². The molecule has 1 radical (unpaired) electrons. The molecule has 0 nitrogen and oxygen atoms in total. The predicted octanol–water partition coefficient (Wildman–Crippen LogP) is 3.36. The molecule has 1 aromatic rings. The van der Waals surface area contributed by atoms with E-state index in [1.807, 2.05) is 17.8 Å². The Morgan fingerprint density at radius 1 is 1.36 bits per heavy atom. The molecule has 1 aliphatic heterocycles. The fourth-order valence-electron chi connectivity index (χ4n) is 1.62. The molecule has 2 unspecified atom stereocenters. The summed E-state index contributed by atoms with van der Waals surface area (Å²) in [4.78, 5) is 0. The zero-order valence-corrected chi connectivity index (χ0v) is 7.61. The molecule has 11 heavy (non-hydrogen) atoms. The summed E-state index contributed by atoms with van der Waals surface area (Å²) >= 11 is 2.02. The highest BCUT2D eigenvalue weighted by molar-refractivity contribution is 8.00. The van der Waals surface area contributed by atoms with Crippen LogP contribution in [0.1, 0.15) is 35.5 Å². The Labute approximate surface area is 72.0 Å². The summed E-state index contributed by atoms with van der Waals surface area (Å²) in [6.45, 7) is 4.52. The van der Waals surface area contributed by atoms with Crippen LogP contribution in [-0.4, -0.2) is 0 Å². The minimum atomic E-state index is 0.640. The second-order valence-corrected chi connectivity index (χ2v) is 4.65. The molecule has 1 heteroatoms. The normalized spacial score (nSPS) is 28.5. The summed E-state index contributed by atoms with van der Waals surface area (Å²) in [5.74, 6) is 0. The molecule has 0 bridgehead atoms. The Kier molecular flexibility index (Phi) is 1.68. The van der Waals surface area contributed by atoms with Crippen molar-refractivity contribution in [1.82, 2.24) is 0 Å². The average molecular weight is 163 g/mol. The van der Waals surface area contributed by atoms with Crippen molar-refractivity contribution in [2.24, 2.45) is 0 Å². The van der Waals surface area contributed by atoms with Crippen molar-refractivity contribution in [2.75, 3.05) is 0 Å². The molecule has 0 N–H and O–H groups in total. The van der Waals surface area contributed by atoms with Gasteiger partial charge in [0.1, 0.15) is 0 Å². The highest BCUT2D eigenvalue weighted by Gasteiger charge is 2.24. The summed E-state index contributed by atoms with van der Waals surface area (Å²) in [5, 5.41) is 1.30. The highest BCUT2D eigenvalue weighted by Crippen LogP contribution is 2.49. The summed E-state index contributed by atoms with van der Waals surface area (Å²) in [5.41, 5.74) is 2.88. The molecule has 2 atom stereocenters. The molecule has 2 rings (SSSR count). The lowest BCUT2D eigenvalue weighted by Crippen LogP contribution is -1.84. The third kappa shape index (κ3) is 1.08. The molecule has 0 spiro atoms. The van der Waals surface area contributed by atoms with Crippen LogP contribution in [0.4, 0.5) is 0 Å². The summed E-state index contributed by atoms with van der Waals surface area (Å²) in [6, 6.07) is 9.61. The second kappa shape index (κ2) is 2.56. The summed E-state index contributed by atoms with van der Waals surface area (Å²) in [7, 11) is 0. The third-order valence-electron chi connectivity index (χ3n) is 2.17. The Hall–Kier alpha value is -0.430. The van der Waals surface area contributed by atoms with E-state index in [0.29, 0.717) is 10.5 Å². The van der Waals surface area contributed by atoms with E-state index in [0.717, 1.165) is 0 Å². The van der Waals surface area contributed by atoms with Gasteiger partial charge in [-0.1, -0.05) is 18.2 Å². The van der Waals surface area contributed by atoms with Crippen molar-refractivity contribution in [2.45, 2.75) is 24.3 Å². The smallest absolute Gasteiger partial charge is 0.0284 e. The Morgan fingerprint density at radius 3 is 2.91 bits per heavy atom. The Balaban J connectivity index is 2.52. The van der Waals surface area contributed by atoms with Gasteiger partial charge in [0.25, 0.3) is 0 Å². The molecular formula is C10H11S. The van der Waals surface area contributed by atoms with Crippen molar-refractivity contribution >= 4 is 11.8 Å². The van der Waals surface area contributed by atoms with Crippen LogP contribution in [0.15, 0.2) is 18.2 Å². The van der Waals surface area contributed by atoms with Crippen LogP contribution in [0, 0.1) is 6.07 Å². The first kappa shape index (κ1) is 7.23. The van der Waals surface area contributed by atoms with E-state index in [-0.39, 0.29) is 0 Å². The van der Waals surface area contributed by atoms with Crippen LogP contribution in [0.5, 0.6) is 0 Å². The first-order valence-electron chi connectivity index (χ1n) is 3.95. The predicted molar refractivity (Wildman–Crippen MR) is 49.7 cm³/mol. The van der Waals surface area contributed by atoms with Crippen molar-refractivity contribution in [3.8, 4) is 0 Å². The van der Waals surface area contributed by atoms with E-state index < -0.39 is 0 Å². The van der Waals surface area contributed by atoms with Gasteiger partial charge in [0.05, 0.1) is 0 Å². The fourth-order valence-corrected chi connectivity index (χ4v) is 2.92. The molecule has 0 amide bonds. The van der Waals surface area contributed by atoms with E-state index in [2.05, 4.69) is 32.0 Å². The molecule has 57 valence electrons. The lowest BCUT2D eigenvalue weighted by Gasteiger charge is -1.99. The van der Waals surface area contributed by atoms with Gasteiger partial charge in [-0.05, 0) is 31.0 Å². The monoisotopic (exact) mass is 163 g/mol. The van der Waals surface area contributed by atoms with Crippen LogP contribution in [0.3, 0.4) is 0 Å².